The Hall–Kier alpha value is -0.530. The van der Waals surface area contributed by atoms with Gasteiger partial charge in [-0.05, 0) is 43.3 Å². The Labute approximate surface area is 116 Å². The third-order valence-corrected chi connectivity index (χ3v) is 4.77. The van der Waals surface area contributed by atoms with Crippen LogP contribution in [0.15, 0.2) is 30.3 Å². The molecule has 2 heteroatoms. The first-order valence-electron chi connectivity index (χ1n) is 6.98. The zero-order chi connectivity index (χ0) is 13.0. The van der Waals surface area contributed by atoms with E-state index in [4.69, 9.17) is 11.6 Å². The molecule has 1 aliphatic rings. The summed E-state index contributed by atoms with van der Waals surface area (Å²) in [6.45, 7) is 8.06. The topological polar surface area (TPSA) is 3.24 Å². The number of aryl methyl sites for hydroxylation is 1. The molecule has 0 bridgehead atoms. The van der Waals surface area contributed by atoms with Crippen molar-refractivity contribution < 1.29 is 0 Å². The number of hydrogen-bond acceptors (Lipinski definition) is 1. The average molecular weight is 266 g/mol. The second-order valence-electron chi connectivity index (χ2n) is 6.11. The van der Waals surface area contributed by atoms with Crippen molar-refractivity contribution in [3.05, 3.63) is 35.9 Å². The highest BCUT2D eigenvalue weighted by Crippen LogP contribution is 2.33. The van der Waals surface area contributed by atoms with Crippen LogP contribution in [0, 0.1) is 5.41 Å². The fourth-order valence-electron chi connectivity index (χ4n) is 2.78. The van der Waals surface area contributed by atoms with Crippen LogP contribution in [0.2, 0.25) is 0 Å². The second-order valence-corrected chi connectivity index (χ2v) is 6.64. The Morgan fingerprint density at radius 2 is 2.00 bits per heavy atom. The molecule has 1 aliphatic heterocycles. The van der Waals surface area contributed by atoms with Crippen molar-refractivity contribution >= 4 is 11.6 Å². The van der Waals surface area contributed by atoms with Crippen molar-refractivity contribution in [3.8, 4) is 0 Å². The standard InChI is InChI=1S/C16H24ClN/c1-16(2)13-18(12-10-15(16)17)11-6-9-14-7-4-3-5-8-14/h3-5,7-8,15H,6,9-13H2,1-2H3. The molecular formula is C16H24ClN. The van der Waals surface area contributed by atoms with E-state index in [0.29, 0.717) is 5.38 Å². The number of rotatable bonds is 4. The highest BCUT2D eigenvalue weighted by Gasteiger charge is 2.33. The van der Waals surface area contributed by atoms with E-state index in [1.54, 1.807) is 0 Å². The van der Waals surface area contributed by atoms with Gasteiger partial charge in [-0.15, -0.1) is 11.6 Å². The molecule has 18 heavy (non-hydrogen) atoms. The molecule has 0 spiro atoms. The van der Waals surface area contributed by atoms with Crippen molar-refractivity contribution in [1.82, 2.24) is 4.90 Å². The maximum atomic E-state index is 6.38. The summed E-state index contributed by atoms with van der Waals surface area (Å²) in [5, 5.41) is 0.336. The van der Waals surface area contributed by atoms with E-state index in [-0.39, 0.29) is 5.41 Å². The van der Waals surface area contributed by atoms with Crippen molar-refractivity contribution in [2.24, 2.45) is 5.41 Å². The molecule has 0 aromatic heterocycles. The molecule has 1 nitrogen and oxygen atoms in total. The van der Waals surface area contributed by atoms with Gasteiger partial charge < -0.3 is 4.90 Å². The molecular weight excluding hydrogens is 242 g/mol. The van der Waals surface area contributed by atoms with Gasteiger partial charge in [-0.3, -0.25) is 0 Å². The van der Waals surface area contributed by atoms with E-state index >= 15 is 0 Å². The first-order valence-corrected chi connectivity index (χ1v) is 7.42. The summed E-state index contributed by atoms with van der Waals surface area (Å²) in [4.78, 5) is 2.57. The predicted molar refractivity (Wildman–Crippen MR) is 79.2 cm³/mol. The third-order valence-electron chi connectivity index (χ3n) is 3.96. The summed E-state index contributed by atoms with van der Waals surface area (Å²) in [6.07, 6.45) is 3.55. The van der Waals surface area contributed by atoms with E-state index in [9.17, 15) is 0 Å². The van der Waals surface area contributed by atoms with Crippen LogP contribution in [0.25, 0.3) is 0 Å². The summed E-state index contributed by atoms with van der Waals surface area (Å²) in [5.74, 6) is 0. The predicted octanol–water partition coefficient (Wildman–Crippen LogP) is 3.96. The number of piperidine rings is 1. The SMILES string of the molecule is CC1(C)CN(CCCc2ccccc2)CCC1Cl. The largest absolute Gasteiger partial charge is 0.303 e. The molecule has 0 saturated carbocycles. The monoisotopic (exact) mass is 265 g/mol. The smallest absolute Gasteiger partial charge is 0.0411 e. The van der Waals surface area contributed by atoms with Gasteiger partial charge in [0, 0.05) is 11.9 Å². The van der Waals surface area contributed by atoms with Crippen molar-refractivity contribution in [3.63, 3.8) is 0 Å². The summed E-state index contributed by atoms with van der Waals surface area (Å²) < 4.78 is 0. The molecule has 1 atom stereocenters. The normalized spacial score (nSPS) is 24.1. The van der Waals surface area contributed by atoms with Gasteiger partial charge >= 0.3 is 0 Å². The molecule has 0 radical (unpaired) electrons. The minimum absolute atomic E-state index is 0.257. The number of likely N-dealkylation sites (tertiary alicyclic amines) is 1. The Morgan fingerprint density at radius 3 is 2.67 bits per heavy atom. The van der Waals surface area contributed by atoms with Crippen molar-refractivity contribution in [2.45, 2.75) is 38.5 Å². The van der Waals surface area contributed by atoms with Crippen LogP contribution in [0.1, 0.15) is 32.3 Å². The lowest BCUT2D eigenvalue weighted by Gasteiger charge is -2.41. The van der Waals surface area contributed by atoms with E-state index < -0.39 is 0 Å². The highest BCUT2D eigenvalue weighted by atomic mass is 35.5. The maximum Gasteiger partial charge on any atom is 0.0411 e. The zero-order valence-corrected chi connectivity index (χ0v) is 12.3. The lowest BCUT2D eigenvalue weighted by molar-refractivity contribution is 0.121. The van der Waals surface area contributed by atoms with E-state index in [1.807, 2.05) is 0 Å². The fourth-order valence-corrected chi connectivity index (χ4v) is 2.95. The molecule has 1 aromatic carbocycles. The third kappa shape index (κ3) is 3.73. The maximum absolute atomic E-state index is 6.38. The lowest BCUT2D eigenvalue weighted by Crippen LogP contribution is -2.46. The lowest BCUT2D eigenvalue weighted by atomic mass is 9.83. The summed E-state index contributed by atoms with van der Waals surface area (Å²) in [6, 6.07) is 10.8. The summed E-state index contributed by atoms with van der Waals surface area (Å²) in [7, 11) is 0. The van der Waals surface area contributed by atoms with Crippen LogP contribution in [0.4, 0.5) is 0 Å². The molecule has 0 amide bonds. The minimum atomic E-state index is 0.257. The van der Waals surface area contributed by atoms with Crippen LogP contribution in [-0.2, 0) is 6.42 Å². The van der Waals surface area contributed by atoms with Gasteiger partial charge in [0.05, 0.1) is 0 Å². The Bertz CT molecular complexity index is 361. The molecule has 1 heterocycles. The van der Waals surface area contributed by atoms with Crippen LogP contribution in [-0.4, -0.2) is 29.9 Å². The molecule has 1 unspecified atom stereocenters. The van der Waals surface area contributed by atoms with E-state index in [0.717, 1.165) is 19.5 Å². The van der Waals surface area contributed by atoms with Crippen LogP contribution < -0.4 is 0 Å². The number of hydrogen-bond donors (Lipinski definition) is 0. The Morgan fingerprint density at radius 1 is 1.28 bits per heavy atom. The summed E-state index contributed by atoms with van der Waals surface area (Å²) >= 11 is 6.38. The van der Waals surface area contributed by atoms with Gasteiger partial charge in [0.15, 0.2) is 0 Å². The Balaban J connectivity index is 1.75. The highest BCUT2D eigenvalue weighted by molar-refractivity contribution is 6.21. The number of alkyl halides is 1. The number of halogens is 1. The molecule has 1 saturated heterocycles. The molecule has 100 valence electrons. The quantitative estimate of drug-likeness (QED) is 0.745. The van der Waals surface area contributed by atoms with E-state index in [1.165, 1.54) is 24.9 Å². The van der Waals surface area contributed by atoms with Gasteiger partial charge in [0.2, 0.25) is 0 Å². The molecule has 1 fully saturated rings. The Kier molecular flexibility index (Phi) is 4.69. The average Bonchev–Trinajstić information content (AvgIpc) is 2.35. The summed E-state index contributed by atoms with van der Waals surface area (Å²) in [5.41, 5.74) is 1.70. The molecule has 2 rings (SSSR count). The number of benzene rings is 1. The molecule has 1 aromatic rings. The van der Waals surface area contributed by atoms with Crippen LogP contribution >= 0.6 is 11.6 Å². The van der Waals surface area contributed by atoms with Crippen molar-refractivity contribution in [1.29, 1.82) is 0 Å². The van der Waals surface area contributed by atoms with E-state index in [2.05, 4.69) is 49.1 Å². The van der Waals surface area contributed by atoms with Crippen LogP contribution in [0.5, 0.6) is 0 Å². The minimum Gasteiger partial charge on any atom is -0.303 e. The van der Waals surface area contributed by atoms with Gasteiger partial charge in [-0.1, -0.05) is 44.2 Å². The molecule has 0 aliphatic carbocycles. The second kappa shape index (κ2) is 6.08. The molecule has 0 N–H and O–H groups in total. The first kappa shape index (κ1) is 13.9. The fraction of sp³-hybridized carbons (Fsp3) is 0.625. The van der Waals surface area contributed by atoms with Gasteiger partial charge in [-0.25, -0.2) is 0 Å². The number of nitrogens with zero attached hydrogens (tertiary/aromatic N) is 1. The zero-order valence-electron chi connectivity index (χ0n) is 11.5. The van der Waals surface area contributed by atoms with Gasteiger partial charge in [-0.2, -0.15) is 0 Å². The van der Waals surface area contributed by atoms with Crippen LogP contribution in [0.3, 0.4) is 0 Å². The first-order chi connectivity index (χ1) is 8.58. The van der Waals surface area contributed by atoms with Gasteiger partial charge in [0.1, 0.15) is 0 Å². The van der Waals surface area contributed by atoms with Gasteiger partial charge in [0.25, 0.3) is 0 Å². The van der Waals surface area contributed by atoms with Crippen molar-refractivity contribution in [2.75, 3.05) is 19.6 Å².